The second kappa shape index (κ2) is 19.2. The van der Waals surface area contributed by atoms with Crippen molar-refractivity contribution in [3.63, 3.8) is 0 Å². The van der Waals surface area contributed by atoms with Crippen LogP contribution in [0.25, 0.3) is 111 Å². The van der Waals surface area contributed by atoms with E-state index in [0.29, 0.717) is 0 Å². The molecule has 0 fully saturated rings. The third kappa shape index (κ3) is 9.06. The molecule has 0 nitrogen and oxygen atoms in total. The van der Waals surface area contributed by atoms with Gasteiger partial charge < -0.3 is 0 Å². The summed E-state index contributed by atoms with van der Waals surface area (Å²) in [6, 6.07) is 73.1. The summed E-state index contributed by atoms with van der Waals surface area (Å²) in [4.78, 5) is 0. The van der Waals surface area contributed by atoms with Gasteiger partial charge in [0, 0.05) is 11.3 Å². The van der Waals surface area contributed by atoms with Crippen molar-refractivity contribution in [3.05, 3.63) is 273 Å². The first-order valence-corrected chi connectivity index (χ1v) is 31.9. The fraction of sp³-hybridized carbons (Fsp3) is 0.241. The van der Waals surface area contributed by atoms with Gasteiger partial charge in [0.15, 0.2) is 0 Å². The van der Waals surface area contributed by atoms with E-state index in [4.69, 9.17) is 0 Å². The van der Waals surface area contributed by atoms with E-state index in [1.54, 1.807) is 0 Å². The molecule has 0 N–H and O–H groups in total. The first-order valence-electron chi connectivity index (χ1n) is 31.9. The molecule has 0 spiro atoms. The molecule has 0 heterocycles. The molecular formula is C87H80. The Hall–Kier alpha value is -8.58. The number of benzene rings is 11. The molecule has 87 heavy (non-hydrogen) atoms. The first kappa shape index (κ1) is 55.0. The molecule has 4 aliphatic rings. The van der Waals surface area contributed by atoms with Gasteiger partial charge in [-0.25, -0.2) is 0 Å². The standard InChI is InChI=1S/C87H80/c1-83(2,3)67-41-61-32-34-65-49-77(86(10,11)12)80(72-40-37-63(43-67)78(61)81(65)72)58-29-25-54(26-30-58)52-17-21-56(22-18-52)60-36-39-71-70-38-35-59(47-75(70)87(13,14)76(71)48-60)55-19-15-51(16-20-55)53-23-27-57(28-24-53)73-46-66-45-68(84(4,5)6)42-62-31-33-64-44-69(85(7,8)9)50-74(73)82(64)79(62)66/h15-30,32-50,82H,31H2,1-14H3. The van der Waals surface area contributed by atoms with Crippen LogP contribution < -0.4 is 0 Å². The van der Waals surface area contributed by atoms with Crippen LogP contribution in [0.15, 0.2) is 223 Å². The Morgan fingerprint density at radius 3 is 1.32 bits per heavy atom. The normalized spacial score (nSPS) is 16.1. The summed E-state index contributed by atoms with van der Waals surface area (Å²) in [6.45, 7) is 32.8. The van der Waals surface area contributed by atoms with Crippen LogP contribution in [0.5, 0.6) is 0 Å². The third-order valence-corrected chi connectivity index (χ3v) is 20.3. The molecule has 1 atom stereocenters. The van der Waals surface area contributed by atoms with Crippen molar-refractivity contribution < 1.29 is 0 Å². The molecular weight excluding hydrogens is 1040 g/mol. The zero-order valence-electron chi connectivity index (χ0n) is 53.5. The van der Waals surface area contributed by atoms with E-state index in [0.717, 1.165) is 6.42 Å². The first-order chi connectivity index (χ1) is 41.3. The number of fused-ring (bicyclic) bond motifs is 3. The van der Waals surface area contributed by atoms with Gasteiger partial charge in [0.1, 0.15) is 0 Å². The monoisotopic (exact) mass is 1120 g/mol. The third-order valence-electron chi connectivity index (χ3n) is 20.3. The minimum absolute atomic E-state index is 0.0386. The molecule has 0 aliphatic heterocycles. The lowest BCUT2D eigenvalue weighted by Gasteiger charge is -2.40. The molecule has 0 radical (unpaired) electrons. The highest BCUT2D eigenvalue weighted by molar-refractivity contribution is 6.26. The molecule has 4 aliphatic carbocycles. The van der Waals surface area contributed by atoms with E-state index < -0.39 is 0 Å². The lowest BCUT2D eigenvalue weighted by molar-refractivity contribution is 0.513. The Bertz CT molecular complexity index is 4780. The number of rotatable bonds is 6. The maximum absolute atomic E-state index is 2.52. The molecule has 0 heteroatoms. The molecule has 0 amide bonds. The minimum atomic E-state index is -0.155. The molecule has 428 valence electrons. The fourth-order valence-electron chi connectivity index (χ4n) is 15.1. The smallest absolute Gasteiger partial charge is 0.0352 e. The molecule has 15 rings (SSSR count). The van der Waals surface area contributed by atoms with Crippen molar-refractivity contribution in [3.8, 4) is 66.8 Å². The minimum Gasteiger partial charge on any atom is -0.0759 e. The summed E-state index contributed by atoms with van der Waals surface area (Å²) >= 11 is 0. The molecule has 11 aromatic rings. The van der Waals surface area contributed by atoms with Gasteiger partial charge in [0.2, 0.25) is 0 Å². The zero-order chi connectivity index (χ0) is 60.4. The van der Waals surface area contributed by atoms with Crippen LogP contribution in [0, 0.1) is 5.41 Å². The fourth-order valence-corrected chi connectivity index (χ4v) is 15.1. The number of allylic oxidation sites excluding steroid dienone is 7. The number of hydrogen-bond donors (Lipinski definition) is 0. The second-order valence-corrected chi connectivity index (χ2v) is 30.6. The van der Waals surface area contributed by atoms with Gasteiger partial charge in [-0.15, -0.1) is 0 Å². The van der Waals surface area contributed by atoms with E-state index in [9.17, 15) is 0 Å². The van der Waals surface area contributed by atoms with Crippen LogP contribution in [0.3, 0.4) is 0 Å². The van der Waals surface area contributed by atoms with Crippen LogP contribution in [0.4, 0.5) is 0 Å². The van der Waals surface area contributed by atoms with Gasteiger partial charge in [-0.1, -0.05) is 285 Å². The summed E-state index contributed by atoms with van der Waals surface area (Å²) in [5.74, 6) is 0.276. The van der Waals surface area contributed by atoms with Gasteiger partial charge in [-0.2, -0.15) is 0 Å². The van der Waals surface area contributed by atoms with Crippen molar-refractivity contribution in [2.75, 3.05) is 0 Å². The van der Waals surface area contributed by atoms with Gasteiger partial charge >= 0.3 is 0 Å². The van der Waals surface area contributed by atoms with E-state index in [1.165, 1.54) is 171 Å². The van der Waals surface area contributed by atoms with Crippen LogP contribution in [-0.4, -0.2) is 0 Å². The van der Waals surface area contributed by atoms with E-state index in [-0.39, 0.29) is 33.0 Å². The Balaban J connectivity index is 0.672. The maximum Gasteiger partial charge on any atom is 0.0352 e. The van der Waals surface area contributed by atoms with Crippen molar-refractivity contribution in [1.82, 2.24) is 0 Å². The topological polar surface area (TPSA) is 0 Å². The van der Waals surface area contributed by atoms with Crippen LogP contribution >= 0.6 is 0 Å². The molecule has 0 aromatic heterocycles. The predicted molar refractivity (Wildman–Crippen MR) is 375 cm³/mol. The van der Waals surface area contributed by atoms with Gasteiger partial charge in [-0.3, -0.25) is 0 Å². The lowest BCUT2D eigenvalue weighted by atomic mass is 9.64. The summed E-state index contributed by atoms with van der Waals surface area (Å²) in [5.41, 5.74) is 33.5. The molecule has 1 unspecified atom stereocenters. The van der Waals surface area contributed by atoms with Crippen molar-refractivity contribution in [1.29, 1.82) is 0 Å². The Morgan fingerprint density at radius 2 is 0.828 bits per heavy atom. The van der Waals surface area contributed by atoms with Crippen molar-refractivity contribution in [2.45, 2.75) is 131 Å². The van der Waals surface area contributed by atoms with E-state index in [1.807, 2.05) is 0 Å². The molecule has 0 bridgehead atoms. The summed E-state index contributed by atoms with van der Waals surface area (Å²) in [6.07, 6.45) is 11.0. The predicted octanol–water partition coefficient (Wildman–Crippen LogP) is 24.2. The maximum atomic E-state index is 2.52. The van der Waals surface area contributed by atoms with Crippen LogP contribution in [0.2, 0.25) is 0 Å². The van der Waals surface area contributed by atoms with Crippen LogP contribution in [-0.2, 0) is 28.1 Å². The zero-order valence-corrected chi connectivity index (χ0v) is 53.5. The summed E-state index contributed by atoms with van der Waals surface area (Å²) in [7, 11) is 0. The number of hydrogen-bond acceptors (Lipinski definition) is 0. The Morgan fingerprint density at radius 1 is 0.379 bits per heavy atom. The van der Waals surface area contributed by atoms with Crippen molar-refractivity contribution >= 4 is 44.0 Å². The highest BCUT2D eigenvalue weighted by Crippen LogP contribution is 2.56. The van der Waals surface area contributed by atoms with Gasteiger partial charge in [0.25, 0.3) is 0 Å². The summed E-state index contributed by atoms with van der Waals surface area (Å²) in [5, 5.41) is 8.06. The SMILES string of the molecule is CC(C)(C)C1=CC2=CCc3cc(C(C)(C)C)cc4c3C2C(=C1)C(c1ccc(-c2ccc(-c3ccc5c(c3)C(C)(C)c3cc(-c6ccc(-c7ccc(-c8c(C(C)(C)C)cc9ccc%10cc(C(C)(C)C)cc%11ccc8c9c%10%11)cc7)cc6)ccc3-5)cc2)cc1)=C4. The molecule has 11 aromatic carbocycles. The van der Waals surface area contributed by atoms with Gasteiger partial charge in [0.05, 0.1) is 0 Å². The van der Waals surface area contributed by atoms with E-state index in [2.05, 4.69) is 309 Å². The lowest BCUT2D eigenvalue weighted by Crippen LogP contribution is -2.24. The Labute approximate surface area is 517 Å². The molecule has 0 saturated carbocycles. The molecule has 0 saturated heterocycles. The van der Waals surface area contributed by atoms with E-state index >= 15 is 0 Å². The average Bonchev–Trinajstić information content (AvgIpc) is 0.853. The quantitative estimate of drug-likeness (QED) is 0.146. The Kier molecular flexibility index (Phi) is 12.2. The second-order valence-electron chi connectivity index (χ2n) is 30.6. The summed E-state index contributed by atoms with van der Waals surface area (Å²) < 4.78 is 0. The van der Waals surface area contributed by atoms with Crippen molar-refractivity contribution in [2.24, 2.45) is 5.41 Å². The van der Waals surface area contributed by atoms with Crippen LogP contribution in [0.1, 0.15) is 153 Å². The largest absolute Gasteiger partial charge is 0.0759 e. The highest BCUT2D eigenvalue weighted by Gasteiger charge is 2.39. The average molecular weight is 1130 g/mol. The van der Waals surface area contributed by atoms with Gasteiger partial charge in [-0.05, 0) is 224 Å². The highest BCUT2D eigenvalue weighted by atomic mass is 14.4.